The van der Waals surface area contributed by atoms with Crippen LogP contribution in [0.4, 0.5) is 4.39 Å². The molecule has 0 aromatic heterocycles. The van der Waals surface area contributed by atoms with Gasteiger partial charge in [-0.3, -0.25) is 4.79 Å². The molecule has 0 N–H and O–H groups in total. The number of halogens is 2. The molecule has 0 aliphatic carbocycles. The second-order valence-corrected chi connectivity index (χ2v) is 2.91. The number of methoxy groups -OCH3 is 1. The Balaban J connectivity index is 3.02. The van der Waals surface area contributed by atoms with Crippen molar-refractivity contribution in [1.29, 1.82) is 0 Å². The van der Waals surface area contributed by atoms with E-state index in [9.17, 15) is 9.18 Å². The molecule has 0 amide bonds. The first-order chi connectivity index (χ1) is 6.69. The predicted octanol–water partition coefficient (Wildman–Crippen LogP) is 2.27. The Hall–Kier alpha value is -1.13. The van der Waals surface area contributed by atoms with Crippen molar-refractivity contribution in [3.63, 3.8) is 0 Å². The van der Waals surface area contributed by atoms with E-state index in [2.05, 4.69) is 4.74 Å². The molecule has 0 atom stereocenters. The zero-order valence-corrected chi connectivity index (χ0v) is 8.18. The Bertz CT molecular complexity index is 341. The lowest BCUT2D eigenvalue weighted by molar-refractivity contribution is 0.0481. The molecule has 0 aliphatic rings. The predicted molar refractivity (Wildman–Crippen MR) is 49.3 cm³/mol. The highest BCUT2D eigenvalue weighted by Crippen LogP contribution is 2.24. The lowest BCUT2D eigenvalue weighted by Gasteiger charge is -2.07. The fraction of sp³-hybridized carbons (Fsp3) is 0.222. The zero-order valence-electron chi connectivity index (χ0n) is 7.42. The third-order valence-corrected chi connectivity index (χ3v) is 1.71. The summed E-state index contributed by atoms with van der Waals surface area (Å²) in [6.45, 7) is -0.102. The SMILES string of the molecule is COCOc1cc(Cl)cc(C=O)c1F. The average Bonchev–Trinajstić information content (AvgIpc) is 2.18. The summed E-state index contributed by atoms with van der Waals surface area (Å²) in [6.07, 6.45) is 0.376. The summed E-state index contributed by atoms with van der Waals surface area (Å²) in [6, 6.07) is 2.51. The minimum absolute atomic E-state index is 0.0959. The van der Waals surface area contributed by atoms with Gasteiger partial charge in [-0.2, -0.15) is 0 Å². The number of benzene rings is 1. The number of ether oxygens (including phenoxy) is 2. The quantitative estimate of drug-likeness (QED) is 0.575. The molecule has 76 valence electrons. The van der Waals surface area contributed by atoms with Gasteiger partial charge in [0.15, 0.2) is 24.6 Å². The molecule has 0 radical (unpaired) electrons. The lowest BCUT2D eigenvalue weighted by Crippen LogP contribution is -2.02. The Morgan fingerprint density at radius 2 is 2.29 bits per heavy atom. The molecule has 0 saturated heterocycles. The Morgan fingerprint density at radius 3 is 2.86 bits per heavy atom. The van der Waals surface area contributed by atoms with Crippen molar-refractivity contribution in [2.24, 2.45) is 0 Å². The van der Waals surface area contributed by atoms with Gasteiger partial charge in [0.05, 0.1) is 5.56 Å². The van der Waals surface area contributed by atoms with Crippen LogP contribution in [0, 0.1) is 5.82 Å². The summed E-state index contributed by atoms with van der Waals surface area (Å²) in [5, 5.41) is 0.236. The van der Waals surface area contributed by atoms with Crippen molar-refractivity contribution in [3.8, 4) is 5.75 Å². The lowest BCUT2D eigenvalue weighted by atomic mass is 10.2. The van der Waals surface area contributed by atoms with Crippen LogP contribution in [0.1, 0.15) is 10.4 Å². The molecule has 0 bridgehead atoms. The number of carbonyl (C=O) groups is 1. The molecule has 5 heteroatoms. The summed E-state index contributed by atoms with van der Waals surface area (Å²) < 4.78 is 22.8. The molecule has 0 heterocycles. The Morgan fingerprint density at radius 1 is 1.57 bits per heavy atom. The summed E-state index contributed by atoms with van der Waals surface area (Å²) >= 11 is 5.63. The highest BCUT2D eigenvalue weighted by Gasteiger charge is 2.10. The Labute approximate surface area is 85.4 Å². The van der Waals surface area contributed by atoms with Gasteiger partial charge in [-0.1, -0.05) is 11.6 Å². The second-order valence-electron chi connectivity index (χ2n) is 2.48. The fourth-order valence-electron chi connectivity index (χ4n) is 0.898. The van der Waals surface area contributed by atoms with Gasteiger partial charge in [0, 0.05) is 18.2 Å². The van der Waals surface area contributed by atoms with E-state index in [1.165, 1.54) is 19.2 Å². The van der Waals surface area contributed by atoms with Gasteiger partial charge in [0.1, 0.15) is 0 Å². The normalized spacial score (nSPS) is 9.93. The van der Waals surface area contributed by atoms with Crippen LogP contribution >= 0.6 is 11.6 Å². The van der Waals surface area contributed by atoms with Gasteiger partial charge in [0.2, 0.25) is 0 Å². The molecule has 0 unspecified atom stereocenters. The van der Waals surface area contributed by atoms with E-state index < -0.39 is 5.82 Å². The molecule has 1 aromatic carbocycles. The van der Waals surface area contributed by atoms with Crippen LogP contribution in [0.2, 0.25) is 5.02 Å². The van der Waals surface area contributed by atoms with E-state index in [4.69, 9.17) is 16.3 Å². The van der Waals surface area contributed by atoms with Crippen LogP contribution in [-0.4, -0.2) is 20.2 Å². The van der Waals surface area contributed by atoms with Gasteiger partial charge in [0.25, 0.3) is 0 Å². The highest BCUT2D eigenvalue weighted by molar-refractivity contribution is 6.31. The molecule has 0 saturated carbocycles. The molecular weight excluding hydrogens is 211 g/mol. The van der Waals surface area contributed by atoms with Crippen molar-refractivity contribution in [3.05, 3.63) is 28.5 Å². The van der Waals surface area contributed by atoms with Crippen LogP contribution in [0.5, 0.6) is 5.75 Å². The summed E-state index contributed by atoms with van der Waals surface area (Å²) in [5.41, 5.74) is -0.136. The van der Waals surface area contributed by atoms with E-state index in [1.54, 1.807) is 0 Å². The van der Waals surface area contributed by atoms with Crippen LogP contribution in [-0.2, 0) is 4.74 Å². The van der Waals surface area contributed by atoms with E-state index in [-0.39, 0.29) is 23.1 Å². The van der Waals surface area contributed by atoms with Crippen LogP contribution < -0.4 is 4.74 Å². The summed E-state index contributed by atoms with van der Waals surface area (Å²) in [5.74, 6) is -0.831. The van der Waals surface area contributed by atoms with E-state index in [0.29, 0.717) is 6.29 Å². The van der Waals surface area contributed by atoms with Crippen molar-refractivity contribution in [1.82, 2.24) is 0 Å². The van der Waals surface area contributed by atoms with E-state index in [1.807, 2.05) is 0 Å². The first-order valence-electron chi connectivity index (χ1n) is 3.75. The number of rotatable bonds is 4. The third kappa shape index (κ3) is 2.43. The molecule has 1 rings (SSSR count). The molecule has 14 heavy (non-hydrogen) atoms. The first kappa shape index (κ1) is 10.9. The number of aldehydes is 1. The maximum atomic E-state index is 13.3. The maximum Gasteiger partial charge on any atom is 0.188 e. The molecule has 0 fully saturated rings. The molecule has 0 aliphatic heterocycles. The Kier molecular flexibility index (Phi) is 3.85. The van der Waals surface area contributed by atoms with E-state index >= 15 is 0 Å². The van der Waals surface area contributed by atoms with Gasteiger partial charge >= 0.3 is 0 Å². The van der Waals surface area contributed by atoms with Gasteiger partial charge in [-0.25, -0.2) is 4.39 Å². The fourth-order valence-corrected chi connectivity index (χ4v) is 1.11. The second kappa shape index (κ2) is 4.93. The first-order valence-corrected chi connectivity index (χ1v) is 4.12. The highest BCUT2D eigenvalue weighted by atomic mass is 35.5. The third-order valence-electron chi connectivity index (χ3n) is 1.49. The minimum Gasteiger partial charge on any atom is -0.464 e. The van der Waals surface area contributed by atoms with Gasteiger partial charge in [-0.05, 0) is 6.07 Å². The topological polar surface area (TPSA) is 35.5 Å². The minimum atomic E-state index is -0.735. The van der Waals surface area contributed by atoms with Crippen LogP contribution in [0.15, 0.2) is 12.1 Å². The average molecular weight is 219 g/mol. The molecule has 1 aromatic rings. The van der Waals surface area contributed by atoms with Gasteiger partial charge in [-0.15, -0.1) is 0 Å². The molecular formula is C9H8ClFO3. The van der Waals surface area contributed by atoms with Gasteiger partial charge < -0.3 is 9.47 Å². The number of carbonyl (C=O) groups excluding carboxylic acids is 1. The summed E-state index contributed by atoms with van der Waals surface area (Å²) in [7, 11) is 1.41. The van der Waals surface area contributed by atoms with Crippen LogP contribution in [0.3, 0.4) is 0 Å². The van der Waals surface area contributed by atoms with Crippen molar-refractivity contribution >= 4 is 17.9 Å². The molecule has 3 nitrogen and oxygen atoms in total. The van der Waals surface area contributed by atoms with Crippen LogP contribution in [0.25, 0.3) is 0 Å². The largest absolute Gasteiger partial charge is 0.464 e. The zero-order chi connectivity index (χ0) is 10.6. The van der Waals surface area contributed by atoms with Crippen molar-refractivity contribution in [2.45, 2.75) is 0 Å². The van der Waals surface area contributed by atoms with E-state index in [0.717, 1.165) is 0 Å². The maximum absolute atomic E-state index is 13.3. The number of hydrogen-bond acceptors (Lipinski definition) is 3. The van der Waals surface area contributed by atoms with Crippen molar-refractivity contribution < 1.29 is 18.7 Å². The monoisotopic (exact) mass is 218 g/mol. The van der Waals surface area contributed by atoms with Crippen molar-refractivity contribution in [2.75, 3.05) is 13.9 Å². The summed E-state index contributed by atoms with van der Waals surface area (Å²) in [4.78, 5) is 10.4. The standard InChI is InChI=1S/C9H8ClFO3/c1-13-5-14-8-3-7(10)2-6(4-12)9(8)11/h2-4H,5H2,1H3. The smallest absolute Gasteiger partial charge is 0.188 e. The number of hydrogen-bond donors (Lipinski definition) is 0. The molecule has 0 spiro atoms.